The molecule has 0 spiro atoms. The third-order valence-corrected chi connectivity index (χ3v) is 20.4. The zero-order chi connectivity index (χ0) is 56.3. The molecule has 22 atom stereocenters. The lowest BCUT2D eigenvalue weighted by molar-refractivity contribution is -0.366. The summed E-state index contributed by atoms with van der Waals surface area (Å²) in [5, 5.41) is 110. The Morgan fingerprint density at radius 2 is 1.45 bits per heavy atom. The van der Waals surface area contributed by atoms with Gasteiger partial charge in [0.25, 0.3) is 0 Å². The summed E-state index contributed by atoms with van der Waals surface area (Å²) in [6.07, 6.45) is -9.00. The Labute approximate surface area is 447 Å². The van der Waals surface area contributed by atoms with E-state index in [1.807, 2.05) is 20.8 Å². The van der Waals surface area contributed by atoms with E-state index in [0.29, 0.717) is 49.7 Å². The van der Waals surface area contributed by atoms with Gasteiger partial charge in [0, 0.05) is 28.6 Å². The maximum atomic E-state index is 13.8. The second kappa shape index (κ2) is 22.8. The van der Waals surface area contributed by atoms with Crippen LogP contribution in [-0.2, 0) is 47.5 Å². The zero-order valence-electron chi connectivity index (χ0n) is 46.4. The number of rotatable bonds is 20. The van der Waals surface area contributed by atoms with E-state index in [1.165, 1.54) is 6.92 Å². The van der Waals surface area contributed by atoms with E-state index in [9.17, 15) is 60.7 Å². The van der Waals surface area contributed by atoms with Crippen LogP contribution in [0.2, 0.25) is 0 Å². The van der Waals surface area contributed by atoms with Crippen molar-refractivity contribution < 1.29 is 98.5 Å². The molecule has 7 aliphatic rings. The van der Waals surface area contributed by atoms with Gasteiger partial charge in [0.05, 0.1) is 50.2 Å². The van der Waals surface area contributed by atoms with Crippen molar-refractivity contribution in [1.29, 1.82) is 0 Å². The van der Waals surface area contributed by atoms with Crippen LogP contribution in [0.3, 0.4) is 0 Å². The van der Waals surface area contributed by atoms with Crippen LogP contribution >= 0.6 is 0 Å². The Bertz CT molecular complexity index is 2160. The molecule has 2 heterocycles. The minimum absolute atomic E-state index is 0.00650. The summed E-state index contributed by atoms with van der Waals surface area (Å²) in [4.78, 5) is 27.4. The van der Waals surface area contributed by atoms with Crippen LogP contribution in [0.1, 0.15) is 128 Å². The molecule has 7 rings (SSSR count). The Balaban J connectivity index is 1.20. The molecule has 2 saturated heterocycles. The predicted octanol–water partition coefficient (Wildman–Crippen LogP) is 2.44. The van der Waals surface area contributed by atoms with E-state index in [1.54, 1.807) is 39.8 Å². The molecule has 20 nitrogen and oxygen atoms in total. The second-order valence-electron chi connectivity index (χ2n) is 24.8. The number of esters is 2. The van der Waals surface area contributed by atoms with E-state index in [4.69, 9.17) is 37.9 Å². The molecule has 10 N–H and O–H groups in total. The van der Waals surface area contributed by atoms with Gasteiger partial charge in [0.15, 0.2) is 31.1 Å². The highest BCUT2D eigenvalue weighted by molar-refractivity contribution is 5.88. The number of allylic oxidation sites excluding steroid dienone is 4. The fourth-order valence-corrected chi connectivity index (χ4v) is 15.4. The van der Waals surface area contributed by atoms with Gasteiger partial charge in [-0.25, -0.2) is 9.59 Å². The van der Waals surface area contributed by atoms with Gasteiger partial charge in [0.2, 0.25) is 5.79 Å². The topological polar surface area (TPSA) is 314 Å². The number of hydrogen-bond acceptors (Lipinski definition) is 20. The predicted molar refractivity (Wildman–Crippen MR) is 271 cm³/mol. The van der Waals surface area contributed by atoms with Gasteiger partial charge in [-0.15, -0.1) is 0 Å². The normalized spacial score (nSPS) is 44.7. The molecule has 0 aromatic heterocycles. The van der Waals surface area contributed by atoms with Crippen LogP contribution in [0.25, 0.3) is 0 Å². The van der Waals surface area contributed by atoms with Crippen LogP contribution in [0.15, 0.2) is 34.9 Å². The average Bonchev–Trinajstić information content (AvgIpc) is 4.24. The van der Waals surface area contributed by atoms with Gasteiger partial charge in [0.1, 0.15) is 37.1 Å². The Hall–Kier alpha value is -2.48. The van der Waals surface area contributed by atoms with E-state index in [0.717, 1.165) is 5.57 Å². The lowest BCUT2D eigenvalue weighted by atomic mass is 9.33. The summed E-state index contributed by atoms with van der Waals surface area (Å²) < 4.78 is 49.0. The second-order valence-corrected chi connectivity index (χ2v) is 24.8. The van der Waals surface area contributed by atoms with E-state index < -0.39 is 156 Å². The average molecular weight is 1080 g/mol. The first kappa shape index (κ1) is 61.1. The lowest BCUT2D eigenvalue weighted by Gasteiger charge is -2.72. The zero-order valence-corrected chi connectivity index (χ0v) is 46.4. The van der Waals surface area contributed by atoms with E-state index in [2.05, 4.69) is 26.8 Å². The molecular formula is C56H90O20. The van der Waals surface area contributed by atoms with Crippen molar-refractivity contribution in [3.05, 3.63) is 34.9 Å². The summed E-state index contributed by atoms with van der Waals surface area (Å²) in [6.45, 7) is 18.4. The summed E-state index contributed by atoms with van der Waals surface area (Å²) in [5.41, 5.74) is -2.93. The van der Waals surface area contributed by atoms with Crippen molar-refractivity contribution >= 4 is 11.9 Å². The molecule has 5 aliphatic carbocycles. The number of carbonyl (C=O) groups excluding carboxylic acids is 2. The smallest absolute Gasteiger partial charge is 0.333 e. The molecule has 434 valence electrons. The molecule has 0 aromatic rings. The van der Waals surface area contributed by atoms with Gasteiger partial charge in [-0.2, -0.15) is 0 Å². The van der Waals surface area contributed by atoms with Crippen LogP contribution in [0, 0.1) is 50.2 Å². The number of aliphatic hydroxyl groups is 10. The SMILES string of the molecule is C/C=C(/C)C(=O)O[C@H]1[C@H](OC(=O)/C(C)=C\C)[C@@]2(CO)C(CC1(C)C)C1=CCC3[C@@]4(C)CC[C@H](O[C@H](O)C(O[C@@H]5OC(CO)[C@@H](O)C(O)C5O)C5(OC(C)O[C@@H](CO)CCO)CO5)[C@](C)(CO)C4CC[C@@]3(C)[C@]1(C)C[C@H]2O. The van der Waals surface area contributed by atoms with Crippen LogP contribution < -0.4 is 0 Å². The van der Waals surface area contributed by atoms with Crippen molar-refractivity contribution in [3.63, 3.8) is 0 Å². The van der Waals surface area contributed by atoms with E-state index >= 15 is 0 Å². The number of ether oxygens (including phenoxy) is 8. The van der Waals surface area contributed by atoms with Crippen LogP contribution in [-0.4, -0.2) is 188 Å². The molecule has 0 aromatic carbocycles. The maximum absolute atomic E-state index is 13.8. The van der Waals surface area contributed by atoms with Gasteiger partial charge < -0.3 is 89.0 Å². The number of fused-ring (bicyclic) bond motifs is 7. The van der Waals surface area contributed by atoms with Gasteiger partial charge in [-0.1, -0.05) is 65.3 Å². The third-order valence-electron chi connectivity index (χ3n) is 20.4. The Morgan fingerprint density at radius 3 is 2.00 bits per heavy atom. The van der Waals surface area contributed by atoms with Gasteiger partial charge >= 0.3 is 11.9 Å². The monoisotopic (exact) mass is 1080 g/mol. The van der Waals surface area contributed by atoms with Crippen LogP contribution in [0.5, 0.6) is 0 Å². The number of hydrogen-bond donors (Lipinski definition) is 10. The van der Waals surface area contributed by atoms with Crippen molar-refractivity contribution in [2.24, 2.45) is 50.2 Å². The van der Waals surface area contributed by atoms with Crippen LogP contribution in [0.4, 0.5) is 0 Å². The van der Waals surface area contributed by atoms with Crippen molar-refractivity contribution in [3.8, 4) is 0 Å². The largest absolute Gasteiger partial charge is 0.454 e. The highest BCUT2D eigenvalue weighted by Gasteiger charge is 2.74. The first-order chi connectivity index (χ1) is 35.6. The van der Waals surface area contributed by atoms with Gasteiger partial charge in [-0.05, 0) is 120 Å². The first-order valence-corrected chi connectivity index (χ1v) is 27.4. The van der Waals surface area contributed by atoms with Gasteiger partial charge in [-0.3, -0.25) is 0 Å². The first-order valence-electron chi connectivity index (χ1n) is 27.4. The molecule has 0 bridgehead atoms. The number of aliphatic hydroxyl groups excluding tert-OH is 10. The fraction of sp³-hybridized carbons (Fsp3) is 0.857. The summed E-state index contributed by atoms with van der Waals surface area (Å²) in [5.74, 6) is -3.66. The molecule has 76 heavy (non-hydrogen) atoms. The molecule has 0 radical (unpaired) electrons. The third kappa shape index (κ3) is 10.2. The fourth-order valence-electron chi connectivity index (χ4n) is 15.4. The summed E-state index contributed by atoms with van der Waals surface area (Å²) in [7, 11) is 0. The van der Waals surface area contributed by atoms with Crippen molar-refractivity contribution in [2.45, 2.75) is 213 Å². The summed E-state index contributed by atoms with van der Waals surface area (Å²) in [6, 6.07) is 0. The minimum Gasteiger partial charge on any atom is -0.454 e. The van der Waals surface area contributed by atoms with Crippen molar-refractivity contribution in [1.82, 2.24) is 0 Å². The van der Waals surface area contributed by atoms with Crippen molar-refractivity contribution in [2.75, 3.05) is 39.6 Å². The number of epoxide rings is 1. The highest BCUT2D eigenvalue weighted by atomic mass is 16.9. The molecule has 2 aliphatic heterocycles. The molecule has 20 heteroatoms. The molecule has 4 saturated carbocycles. The Kier molecular flexibility index (Phi) is 18.4. The summed E-state index contributed by atoms with van der Waals surface area (Å²) >= 11 is 0. The van der Waals surface area contributed by atoms with E-state index in [-0.39, 0.29) is 44.5 Å². The lowest BCUT2D eigenvalue weighted by Crippen LogP contribution is -2.72. The highest BCUT2D eigenvalue weighted by Crippen LogP contribution is 2.76. The molecule has 0 amide bonds. The Morgan fingerprint density at radius 1 is 0.816 bits per heavy atom. The number of carbonyl (C=O) groups is 2. The molecular weight excluding hydrogens is 993 g/mol. The molecule has 6 fully saturated rings. The minimum atomic E-state index is -1.91. The molecule has 9 unspecified atom stereocenters. The standard InChI is InChI=1S/C56H90O20/c1-12-29(3)46(66)73-43-44(74-47(67)30(4)13-2)55(27-61)34(22-50(43,6)7)33-14-15-37-51(8)19-17-39(52(9,26-60)36(51)16-20-53(37,10)54(33,11)23-38(55)62)72-48(68)45(75-49-42(65)41(64)40(63)35(25-59)71-49)56(28-69-56)76-31(5)70-32(24-58)18-21-57/h12-14,31-32,34-45,48-49,57-65,68H,15-28H2,1-11H3/b29-12-,30-13-/t31?,32-,34?,35?,36?,37?,38-,39+,40-,41?,42?,43+,44+,45?,48+,49+,51+,52-,53-,54-,55+,56?/m1/s1. The quantitative estimate of drug-likeness (QED) is 0.0275. The maximum Gasteiger partial charge on any atom is 0.333 e.